The molecule has 1 aromatic heterocycles. The summed E-state index contributed by atoms with van der Waals surface area (Å²) in [5, 5.41) is 3.08. The standard InChI is InChI=1S/C22H25N5O2/c1-15-12-20(26-22(23)25-15)27-9-6-16(7-10-27)14-24-21(28)18-8-11-29-19-5-3-2-4-17(19)13-18/h2-5,8,11-13,16H,6-7,9-10,14H2,1H3,(H,24,28)(H2,23,25,26). The molecule has 1 fully saturated rings. The van der Waals surface area contributed by atoms with E-state index in [1.54, 1.807) is 12.3 Å². The Hall–Kier alpha value is -3.35. The predicted molar refractivity (Wildman–Crippen MR) is 113 cm³/mol. The number of hydrogen-bond donors (Lipinski definition) is 2. The molecule has 4 rings (SSSR count). The quantitative estimate of drug-likeness (QED) is 0.832. The molecule has 0 radical (unpaired) electrons. The number of ether oxygens (including phenoxy) is 1. The molecular formula is C22H25N5O2. The summed E-state index contributed by atoms with van der Waals surface area (Å²) in [5.74, 6) is 2.30. The van der Waals surface area contributed by atoms with Gasteiger partial charge in [-0.1, -0.05) is 18.2 Å². The second-order valence-corrected chi connectivity index (χ2v) is 7.42. The van der Waals surface area contributed by atoms with Gasteiger partial charge >= 0.3 is 0 Å². The van der Waals surface area contributed by atoms with Crippen molar-refractivity contribution >= 4 is 23.7 Å². The van der Waals surface area contributed by atoms with Gasteiger partial charge < -0.3 is 20.7 Å². The highest BCUT2D eigenvalue weighted by molar-refractivity contribution is 6.01. The van der Waals surface area contributed by atoms with Gasteiger partial charge in [-0.15, -0.1) is 0 Å². The summed E-state index contributed by atoms with van der Waals surface area (Å²) in [4.78, 5) is 23.3. The van der Waals surface area contributed by atoms with Crippen molar-refractivity contribution < 1.29 is 9.53 Å². The van der Waals surface area contributed by atoms with E-state index >= 15 is 0 Å². The number of carbonyl (C=O) groups excluding carboxylic acids is 1. The fourth-order valence-corrected chi connectivity index (χ4v) is 3.69. The monoisotopic (exact) mass is 391 g/mol. The summed E-state index contributed by atoms with van der Waals surface area (Å²) in [5.41, 5.74) is 8.14. The molecule has 29 heavy (non-hydrogen) atoms. The maximum atomic E-state index is 12.6. The predicted octanol–water partition coefficient (Wildman–Crippen LogP) is 2.69. The van der Waals surface area contributed by atoms with E-state index in [1.807, 2.05) is 43.3 Å². The highest BCUT2D eigenvalue weighted by atomic mass is 16.5. The fourth-order valence-electron chi connectivity index (χ4n) is 3.69. The maximum absolute atomic E-state index is 12.6. The van der Waals surface area contributed by atoms with Crippen molar-refractivity contribution in [3.05, 3.63) is 59.5 Å². The van der Waals surface area contributed by atoms with Crippen LogP contribution >= 0.6 is 0 Å². The number of aromatic nitrogens is 2. The minimum Gasteiger partial charge on any atom is -0.464 e. The molecular weight excluding hydrogens is 366 g/mol. The molecule has 2 aliphatic rings. The minimum atomic E-state index is -0.0804. The number of aryl methyl sites for hydroxylation is 1. The van der Waals surface area contributed by atoms with Crippen LogP contribution < -0.4 is 20.7 Å². The number of nitrogen functional groups attached to an aromatic ring is 1. The van der Waals surface area contributed by atoms with Crippen LogP contribution in [0.1, 0.15) is 24.1 Å². The molecule has 0 spiro atoms. The van der Waals surface area contributed by atoms with Crippen molar-refractivity contribution in [2.75, 3.05) is 30.3 Å². The Morgan fingerprint density at radius 3 is 2.86 bits per heavy atom. The Balaban J connectivity index is 1.31. The smallest absolute Gasteiger partial charge is 0.251 e. The second-order valence-electron chi connectivity index (χ2n) is 7.42. The number of nitrogens with one attached hydrogen (secondary N) is 1. The lowest BCUT2D eigenvalue weighted by molar-refractivity contribution is -0.117. The highest BCUT2D eigenvalue weighted by Gasteiger charge is 2.22. The molecule has 1 amide bonds. The number of piperidine rings is 1. The van der Waals surface area contributed by atoms with E-state index in [2.05, 4.69) is 20.2 Å². The first kappa shape index (κ1) is 19.0. The third kappa shape index (κ3) is 4.56. The van der Waals surface area contributed by atoms with E-state index in [0.29, 0.717) is 24.0 Å². The lowest BCUT2D eigenvalue weighted by Crippen LogP contribution is -2.39. The van der Waals surface area contributed by atoms with Gasteiger partial charge in [0.2, 0.25) is 5.95 Å². The van der Waals surface area contributed by atoms with Crippen LogP contribution in [0.4, 0.5) is 11.8 Å². The first-order chi connectivity index (χ1) is 14.1. The molecule has 2 aromatic rings. The lowest BCUT2D eigenvalue weighted by Gasteiger charge is -2.33. The van der Waals surface area contributed by atoms with Gasteiger partial charge in [0.1, 0.15) is 11.6 Å². The highest BCUT2D eigenvalue weighted by Crippen LogP contribution is 2.25. The number of nitrogens with two attached hydrogens (primary N) is 1. The van der Waals surface area contributed by atoms with Crippen LogP contribution in [0.5, 0.6) is 5.75 Å². The van der Waals surface area contributed by atoms with E-state index in [1.165, 1.54) is 0 Å². The zero-order valence-corrected chi connectivity index (χ0v) is 16.5. The number of para-hydroxylation sites is 1. The van der Waals surface area contributed by atoms with Gasteiger partial charge in [-0.3, -0.25) is 4.79 Å². The largest absolute Gasteiger partial charge is 0.464 e. The van der Waals surface area contributed by atoms with E-state index in [4.69, 9.17) is 10.5 Å². The summed E-state index contributed by atoms with van der Waals surface area (Å²) in [6.07, 6.45) is 7.11. The average Bonchev–Trinajstić information content (AvgIpc) is 2.94. The van der Waals surface area contributed by atoms with E-state index in [0.717, 1.165) is 48.8 Å². The summed E-state index contributed by atoms with van der Waals surface area (Å²) in [6.45, 7) is 4.36. The molecule has 0 atom stereocenters. The third-order valence-corrected chi connectivity index (χ3v) is 5.28. The van der Waals surface area contributed by atoms with Gasteiger partial charge in [0.15, 0.2) is 0 Å². The Morgan fingerprint density at radius 1 is 1.28 bits per heavy atom. The van der Waals surface area contributed by atoms with Gasteiger partial charge in [-0.25, -0.2) is 4.98 Å². The van der Waals surface area contributed by atoms with Crippen LogP contribution in [0.25, 0.3) is 6.08 Å². The maximum Gasteiger partial charge on any atom is 0.251 e. The molecule has 0 unspecified atom stereocenters. The summed E-state index contributed by atoms with van der Waals surface area (Å²) < 4.78 is 5.56. The van der Waals surface area contributed by atoms with Gasteiger partial charge in [0.05, 0.1) is 6.26 Å². The van der Waals surface area contributed by atoms with Crippen molar-refractivity contribution in [1.82, 2.24) is 15.3 Å². The van der Waals surface area contributed by atoms with Crippen molar-refractivity contribution in [1.29, 1.82) is 0 Å². The number of rotatable bonds is 4. The first-order valence-corrected chi connectivity index (χ1v) is 9.87. The summed E-state index contributed by atoms with van der Waals surface area (Å²) in [7, 11) is 0. The first-order valence-electron chi connectivity index (χ1n) is 9.87. The van der Waals surface area contributed by atoms with Crippen LogP contribution in [0.3, 0.4) is 0 Å². The van der Waals surface area contributed by atoms with Crippen molar-refractivity contribution in [3.8, 4) is 5.75 Å². The van der Waals surface area contributed by atoms with E-state index < -0.39 is 0 Å². The van der Waals surface area contributed by atoms with Crippen molar-refractivity contribution in [2.45, 2.75) is 19.8 Å². The van der Waals surface area contributed by atoms with E-state index in [-0.39, 0.29) is 5.91 Å². The molecule has 0 bridgehead atoms. The summed E-state index contributed by atoms with van der Waals surface area (Å²) >= 11 is 0. The second kappa shape index (κ2) is 8.34. The molecule has 3 heterocycles. The third-order valence-electron chi connectivity index (χ3n) is 5.28. The van der Waals surface area contributed by atoms with Crippen molar-refractivity contribution in [3.63, 3.8) is 0 Å². The number of nitrogens with zero attached hydrogens (tertiary/aromatic N) is 3. The SMILES string of the molecule is Cc1cc(N2CCC(CNC(=O)C3=Cc4ccccc4OC=C3)CC2)nc(N)n1. The summed E-state index contributed by atoms with van der Waals surface area (Å²) in [6, 6.07) is 9.63. The lowest BCUT2D eigenvalue weighted by atomic mass is 9.96. The van der Waals surface area contributed by atoms with Crippen molar-refractivity contribution in [2.24, 2.45) is 5.92 Å². The van der Waals surface area contributed by atoms with Crippen LogP contribution in [0.2, 0.25) is 0 Å². The zero-order chi connectivity index (χ0) is 20.2. The number of anilines is 2. The molecule has 7 nitrogen and oxygen atoms in total. The number of hydrogen-bond acceptors (Lipinski definition) is 6. The average molecular weight is 391 g/mol. The molecule has 0 saturated carbocycles. The Kier molecular flexibility index (Phi) is 5.46. The number of benzene rings is 1. The number of amides is 1. The van der Waals surface area contributed by atoms with E-state index in [9.17, 15) is 4.79 Å². The zero-order valence-electron chi connectivity index (χ0n) is 16.5. The Bertz CT molecular complexity index is 941. The normalized spacial score (nSPS) is 16.4. The fraction of sp³-hybridized carbons (Fsp3) is 0.318. The molecule has 0 aliphatic carbocycles. The number of carbonyl (C=O) groups is 1. The van der Waals surface area contributed by atoms with Crippen LogP contribution in [0, 0.1) is 12.8 Å². The van der Waals surface area contributed by atoms with Gasteiger partial charge in [0, 0.05) is 42.5 Å². The molecule has 7 heteroatoms. The molecule has 1 saturated heterocycles. The number of fused-ring (bicyclic) bond motifs is 1. The molecule has 1 aromatic carbocycles. The molecule has 150 valence electrons. The van der Waals surface area contributed by atoms with Gasteiger partial charge in [0.25, 0.3) is 5.91 Å². The van der Waals surface area contributed by atoms with Gasteiger partial charge in [-0.2, -0.15) is 4.98 Å². The van der Waals surface area contributed by atoms with Crippen LogP contribution in [-0.4, -0.2) is 35.5 Å². The topological polar surface area (TPSA) is 93.4 Å². The Labute approximate surface area is 170 Å². The molecule has 3 N–H and O–H groups in total. The Morgan fingerprint density at radius 2 is 2.07 bits per heavy atom. The van der Waals surface area contributed by atoms with Crippen LogP contribution in [0.15, 0.2) is 48.2 Å². The van der Waals surface area contributed by atoms with Gasteiger partial charge in [-0.05, 0) is 43.9 Å². The molecule has 2 aliphatic heterocycles. The van der Waals surface area contributed by atoms with Crippen LogP contribution in [-0.2, 0) is 4.79 Å². The minimum absolute atomic E-state index is 0.0804.